The molecule has 0 atom stereocenters. The van der Waals surface area contributed by atoms with Crippen molar-refractivity contribution in [1.82, 2.24) is 19.9 Å². The largest absolute Gasteiger partial charge is 0.493 e. The van der Waals surface area contributed by atoms with Gasteiger partial charge < -0.3 is 24.1 Å². The van der Waals surface area contributed by atoms with Crippen LogP contribution in [0.15, 0.2) is 36.7 Å². The first-order chi connectivity index (χ1) is 20.0. The molecule has 0 unspecified atom stereocenters. The van der Waals surface area contributed by atoms with E-state index >= 15 is 4.39 Å². The molecular weight excluding hydrogens is 423 g/mol. The number of H-pyrrole nitrogens is 1. The van der Waals surface area contributed by atoms with Crippen LogP contribution < -0.4 is 14.2 Å². The van der Waals surface area contributed by atoms with Crippen molar-refractivity contribution < 1.29 is 32.3 Å². The number of halogens is 1. The van der Waals surface area contributed by atoms with Gasteiger partial charge in [0.2, 0.25) is 5.88 Å². The molecule has 2 aromatic carbocycles. The van der Waals surface area contributed by atoms with Gasteiger partial charge in [-0.05, 0) is 63.3 Å². The molecule has 0 radical (unpaired) electrons. The summed E-state index contributed by atoms with van der Waals surface area (Å²) in [6.45, 7) is -4.66. The van der Waals surface area contributed by atoms with Crippen molar-refractivity contribution in [3.63, 3.8) is 0 Å². The van der Waals surface area contributed by atoms with E-state index in [9.17, 15) is 0 Å². The maximum Gasteiger partial charge on any atom is 0.230 e. The van der Waals surface area contributed by atoms with Gasteiger partial charge in [0.25, 0.3) is 0 Å². The number of nitrogens with one attached hydrogen (secondary N) is 1. The Hall–Kier alpha value is -3.39. The Morgan fingerprint density at radius 2 is 2.00 bits per heavy atom. The third-order valence-corrected chi connectivity index (χ3v) is 5.06. The smallest absolute Gasteiger partial charge is 0.230 e. The third-order valence-electron chi connectivity index (χ3n) is 5.06. The highest BCUT2D eigenvalue weighted by Crippen LogP contribution is 2.37. The van der Waals surface area contributed by atoms with Crippen LogP contribution in [0.1, 0.15) is 38.6 Å². The fraction of sp³-hybridized carbons (Fsp3) is 0.360. The molecule has 2 aromatic heterocycles. The lowest BCUT2D eigenvalue weighted by atomic mass is 10.2. The van der Waals surface area contributed by atoms with Crippen molar-refractivity contribution in [1.29, 1.82) is 0 Å². The van der Waals surface area contributed by atoms with Crippen molar-refractivity contribution in [3.8, 4) is 23.1 Å². The number of likely N-dealkylation sites (tertiary alicyclic amines) is 1. The third kappa shape index (κ3) is 4.43. The summed E-state index contributed by atoms with van der Waals surface area (Å²) in [4.78, 5) is 11.9. The maximum absolute atomic E-state index is 15.2. The number of fused-ring (bicyclic) bond motifs is 2. The number of aromatic nitrogens is 3. The van der Waals surface area contributed by atoms with Crippen LogP contribution in [0.2, 0.25) is 0 Å². The highest BCUT2D eigenvalue weighted by molar-refractivity contribution is 5.87. The minimum Gasteiger partial charge on any atom is -0.493 e. The number of rotatable bonds is 8. The summed E-state index contributed by atoms with van der Waals surface area (Å²) in [5.41, 5.74) is 1.65. The number of benzene rings is 2. The van der Waals surface area contributed by atoms with Gasteiger partial charge in [-0.25, -0.2) is 14.4 Å². The second kappa shape index (κ2) is 9.23. The zero-order valence-electron chi connectivity index (χ0n) is 27.6. The van der Waals surface area contributed by atoms with Crippen LogP contribution in [0, 0.1) is 12.7 Å². The summed E-state index contributed by atoms with van der Waals surface area (Å²) in [5, 5.41) is 0.597. The number of nitrogens with zero attached hydrogens (tertiary/aromatic N) is 3. The van der Waals surface area contributed by atoms with Gasteiger partial charge in [-0.15, -0.1) is 0 Å². The predicted octanol–water partition coefficient (Wildman–Crippen LogP) is 5.22. The number of hydrogen-bond acceptors (Lipinski definition) is 6. The molecule has 1 saturated heterocycles. The molecule has 1 aliphatic heterocycles. The van der Waals surface area contributed by atoms with Gasteiger partial charge in [-0.3, -0.25) is 0 Å². The molecule has 1 fully saturated rings. The second-order valence-electron chi connectivity index (χ2n) is 7.33. The predicted molar refractivity (Wildman–Crippen MR) is 125 cm³/mol. The number of aryl methyl sites for hydroxylation is 1. The minimum absolute atomic E-state index is 0.0274. The van der Waals surface area contributed by atoms with Crippen molar-refractivity contribution in [2.24, 2.45) is 0 Å². The number of aromatic amines is 1. The highest BCUT2D eigenvalue weighted by Gasteiger charge is 2.17. The first-order valence-electron chi connectivity index (χ1n) is 15.3. The number of methoxy groups -OCH3 is 1. The molecule has 7 nitrogen and oxygen atoms in total. The molecule has 1 N–H and O–H groups in total. The Morgan fingerprint density at radius 1 is 1.12 bits per heavy atom. The lowest BCUT2D eigenvalue weighted by Crippen LogP contribution is -2.21. The van der Waals surface area contributed by atoms with E-state index in [1.807, 2.05) is 0 Å². The van der Waals surface area contributed by atoms with E-state index in [1.54, 1.807) is 19.1 Å². The summed E-state index contributed by atoms with van der Waals surface area (Å²) in [7, 11) is -1.76. The molecule has 33 heavy (non-hydrogen) atoms. The SMILES string of the molecule is [2H]C([2H])Oc1cc2c(Oc3ccc4[nH]c(C)cc4c3F)ncnc2cc1OCCCN1C([2H])([2H])C([2H])([2H])C([2H])([2H])C1([2H])[2H]. The second-order valence-corrected chi connectivity index (χ2v) is 7.33. The van der Waals surface area contributed by atoms with Crippen LogP contribution in [-0.4, -0.2) is 53.1 Å². The first-order valence-corrected chi connectivity index (χ1v) is 10.1. The molecule has 0 aliphatic carbocycles. The standard InChI is InChI=1S/C25H27FN4O3/c1-16-12-17-19(29-16)6-7-21(24(17)26)33-25-18-13-22(31-2)23(14-20(18)27-15-28-25)32-11-5-10-30-8-3-4-9-30/h6-7,12-15,29H,3-5,8-11H2,1-2H3/i2D2,3D2,4D2,8D2,9D2. The first kappa shape index (κ1) is 12.7. The van der Waals surface area contributed by atoms with Gasteiger partial charge in [0, 0.05) is 40.2 Å². The van der Waals surface area contributed by atoms with Crippen LogP contribution in [0.4, 0.5) is 4.39 Å². The monoisotopic (exact) mass is 460 g/mol. The minimum atomic E-state index is -3.13. The molecule has 0 amide bonds. The molecule has 0 saturated carbocycles. The Bertz CT molecular complexity index is 1660. The quantitative estimate of drug-likeness (QED) is 0.363. The van der Waals surface area contributed by atoms with E-state index in [0.29, 0.717) is 15.8 Å². The maximum atomic E-state index is 15.2. The molecule has 4 aromatic rings. The topological polar surface area (TPSA) is 72.5 Å². The fourth-order valence-corrected chi connectivity index (χ4v) is 3.53. The zero-order valence-corrected chi connectivity index (χ0v) is 17.6. The van der Waals surface area contributed by atoms with E-state index < -0.39 is 38.6 Å². The van der Waals surface area contributed by atoms with Crippen LogP contribution in [0.3, 0.4) is 0 Å². The Morgan fingerprint density at radius 3 is 2.85 bits per heavy atom. The Kier molecular flexibility index (Phi) is 3.56. The van der Waals surface area contributed by atoms with E-state index in [1.165, 1.54) is 24.5 Å². The van der Waals surface area contributed by atoms with Gasteiger partial charge in [0.15, 0.2) is 23.1 Å². The Balaban J connectivity index is 1.38. The van der Waals surface area contributed by atoms with Crippen LogP contribution in [0.25, 0.3) is 21.8 Å². The molecule has 3 heterocycles. The fourth-order valence-electron chi connectivity index (χ4n) is 3.53. The molecule has 5 rings (SSSR count). The molecule has 172 valence electrons. The average Bonchev–Trinajstić information content (AvgIpc) is 3.33. The van der Waals surface area contributed by atoms with E-state index in [2.05, 4.69) is 15.0 Å². The normalized spacial score (nSPS) is 24.9. The molecule has 0 spiro atoms. The lowest BCUT2D eigenvalue weighted by Gasteiger charge is -2.16. The summed E-state index contributed by atoms with van der Waals surface area (Å²) < 4.78 is 111. The molecule has 0 bridgehead atoms. The van der Waals surface area contributed by atoms with E-state index in [4.69, 9.17) is 27.9 Å². The zero-order chi connectivity index (χ0) is 31.5. The van der Waals surface area contributed by atoms with Crippen LogP contribution in [-0.2, 0) is 0 Å². The van der Waals surface area contributed by atoms with Gasteiger partial charge in [0.1, 0.15) is 6.33 Å². The van der Waals surface area contributed by atoms with Gasteiger partial charge in [-0.2, -0.15) is 0 Å². The van der Waals surface area contributed by atoms with Gasteiger partial charge in [0.05, 0.1) is 27.3 Å². The van der Waals surface area contributed by atoms with Crippen molar-refractivity contribution in [3.05, 3.63) is 48.2 Å². The molecular formula is C25H27FN4O3. The summed E-state index contributed by atoms with van der Waals surface area (Å²) in [5.74, 6) is -0.756. The summed E-state index contributed by atoms with van der Waals surface area (Å²) in [6, 6.07) is 7.54. The molecule has 8 heteroatoms. The highest BCUT2D eigenvalue weighted by atomic mass is 19.1. The van der Waals surface area contributed by atoms with Crippen molar-refractivity contribution >= 4 is 21.8 Å². The average molecular weight is 461 g/mol. The van der Waals surface area contributed by atoms with Crippen molar-refractivity contribution in [2.75, 3.05) is 33.2 Å². The van der Waals surface area contributed by atoms with Crippen molar-refractivity contribution in [2.45, 2.75) is 26.1 Å². The number of hydrogen-bond donors (Lipinski definition) is 1. The lowest BCUT2D eigenvalue weighted by molar-refractivity contribution is 0.254. The van der Waals surface area contributed by atoms with Gasteiger partial charge >= 0.3 is 0 Å². The van der Waals surface area contributed by atoms with Crippen LogP contribution in [0.5, 0.6) is 23.1 Å². The van der Waals surface area contributed by atoms with Crippen LogP contribution >= 0.6 is 0 Å². The van der Waals surface area contributed by atoms with E-state index in [0.717, 1.165) is 5.69 Å². The summed E-state index contributed by atoms with van der Waals surface area (Å²) >= 11 is 0. The van der Waals surface area contributed by atoms with Gasteiger partial charge in [-0.1, -0.05) is 0 Å². The summed E-state index contributed by atoms with van der Waals surface area (Å²) in [6.07, 6.45) is -5.12. The Labute approximate surface area is 205 Å². The molecule has 1 aliphatic rings. The van der Waals surface area contributed by atoms with E-state index in [-0.39, 0.29) is 53.6 Å². The number of ether oxygens (including phenoxy) is 3.